The smallest absolute Gasteiger partial charge is 0.261 e. The minimum Gasteiger partial charge on any atom is -0.352 e. The number of aromatic nitrogens is 1. The molecule has 0 unspecified atom stereocenters. The van der Waals surface area contributed by atoms with Crippen LogP contribution in [-0.2, 0) is 6.42 Å². The minimum absolute atomic E-state index is 0.202. The molecule has 0 aliphatic rings. The van der Waals surface area contributed by atoms with Crippen LogP contribution < -0.4 is 10.9 Å². The van der Waals surface area contributed by atoms with Crippen molar-refractivity contribution in [2.45, 2.75) is 40.5 Å². The minimum atomic E-state index is -0.301. The first kappa shape index (κ1) is 14.5. The molecule has 0 bridgehead atoms. The third-order valence-electron chi connectivity index (χ3n) is 2.76. The summed E-state index contributed by atoms with van der Waals surface area (Å²) < 4.78 is 0. The van der Waals surface area contributed by atoms with E-state index in [1.54, 1.807) is 6.07 Å². The van der Waals surface area contributed by atoms with Crippen LogP contribution in [0.5, 0.6) is 0 Å². The van der Waals surface area contributed by atoms with E-state index in [0.717, 1.165) is 24.1 Å². The lowest BCUT2D eigenvalue weighted by molar-refractivity contribution is 0.0947. The molecule has 100 valence electrons. The van der Waals surface area contributed by atoms with Crippen molar-refractivity contribution >= 4 is 5.91 Å². The molecule has 4 heteroatoms. The van der Waals surface area contributed by atoms with E-state index in [2.05, 4.69) is 17.2 Å². The number of hydrogen-bond donors (Lipinski definition) is 2. The molecular formula is C14H22N2O2. The van der Waals surface area contributed by atoms with E-state index >= 15 is 0 Å². The van der Waals surface area contributed by atoms with Crippen LogP contribution in [-0.4, -0.2) is 17.4 Å². The highest BCUT2D eigenvalue weighted by atomic mass is 16.2. The average Bonchev–Trinajstić information content (AvgIpc) is 2.30. The Morgan fingerprint density at radius 2 is 2.11 bits per heavy atom. The molecule has 0 aliphatic heterocycles. The largest absolute Gasteiger partial charge is 0.352 e. The topological polar surface area (TPSA) is 62.0 Å². The van der Waals surface area contributed by atoms with Crippen molar-refractivity contribution in [1.29, 1.82) is 0 Å². The Morgan fingerprint density at radius 3 is 2.67 bits per heavy atom. The predicted octanol–water partition coefficient (Wildman–Crippen LogP) is 2.02. The van der Waals surface area contributed by atoms with Gasteiger partial charge >= 0.3 is 0 Å². The van der Waals surface area contributed by atoms with Crippen LogP contribution in [0.3, 0.4) is 0 Å². The van der Waals surface area contributed by atoms with Crippen molar-refractivity contribution < 1.29 is 4.79 Å². The summed E-state index contributed by atoms with van der Waals surface area (Å²) in [4.78, 5) is 26.5. The monoisotopic (exact) mass is 250 g/mol. The zero-order valence-electron chi connectivity index (χ0n) is 11.6. The molecule has 1 rings (SSSR count). The molecule has 1 aromatic rings. The van der Waals surface area contributed by atoms with E-state index in [1.165, 1.54) is 0 Å². The predicted molar refractivity (Wildman–Crippen MR) is 73.0 cm³/mol. The van der Waals surface area contributed by atoms with Crippen LogP contribution >= 0.6 is 0 Å². The number of rotatable bonds is 5. The lowest BCUT2D eigenvalue weighted by Crippen LogP contribution is -2.32. The van der Waals surface area contributed by atoms with Gasteiger partial charge in [0.2, 0.25) is 0 Å². The summed E-state index contributed by atoms with van der Waals surface area (Å²) in [6.07, 6.45) is 1.80. The molecule has 0 radical (unpaired) electrons. The van der Waals surface area contributed by atoms with E-state index in [0.29, 0.717) is 12.5 Å². The van der Waals surface area contributed by atoms with Crippen molar-refractivity contribution in [3.8, 4) is 0 Å². The van der Waals surface area contributed by atoms with Crippen molar-refractivity contribution in [2.24, 2.45) is 5.92 Å². The highest BCUT2D eigenvalue weighted by Gasteiger charge is 2.12. The van der Waals surface area contributed by atoms with Crippen molar-refractivity contribution in [1.82, 2.24) is 10.3 Å². The van der Waals surface area contributed by atoms with Gasteiger partial charge in [-0.25, -0.2) is 0 Å². The molecule has 0 fully saturated rings. The summed E-state index contributed by atoms with van der Waals surface area (Å²) >= 11 is 0. The Kier molecular flexibility index (Phi) is 5.13. The van der Waals surface area contributed by atoms with Gasteiger partial charge < -0.3 is 10.3 Å². The van der Waals surface area contributed by atoms with Gasteiger partial charge in [0.15, 0.2) is 0 Å². The molecule has 1 heterocycles. The Bertz CT molecular complexity index is 475. The fourth-order valence-corrected chi connectivity index (χ4v) is 1.74. The molecule has 1 amide bonds. The maximum atomic E-state index is 11.9. The highest BCUT2D eigenvalue weighted by Crippen LogP contribution is 2.07. The van der Waals surface area contributed by atoms with Gasteiger partial charge in [-0.3, -0.25) is 9.59 Å². The highest BCUT2D eigenvalue weighted by molar-refractivity contribution is 5.94. The standard InChI is InChI=1S/C14H22N2O2/c1-5-6-12-10(4)7-11(14(18)16-12)13(17)15-8-9(2)3/h7,9H,5-6,8H2,1-4H3,(H,15,17)(H,16,18). The Balaban J connectivity index is 2.93. The molecule has 0 saturated heterocycles. The zero-order valence-corrected chi connectivity index (χ0v) is 11.6. The van der Waals surface area contributed by atoms with Crippen LogP contribution in [0.1, 0.15) is 48.8 Å². The van der Waals surface area contributed by atoms with E-state index in [4.69, 9.17) is 0 Å². The first-order chi connectivity index (χ1) is 8.45. The van der Waals surface area contributed by atoms with Crippen LogP contribution in [0.15, 0.2) is 10.9 Å². The second-order valence-electron chi connectivity index (χ2n) is 5.03. The fourth-order valence-electron chi connectivity index (χ4n) is 1.74. The van der Waals surface area contributed by atoms with Gasteiger partial charge in [-0.2, -0.15) is 0 Å². The number of pyridine rings is 1. The van der Waals surface area contributed by atoms with Gasteiger partial charge in [0, 0.05) is 12.2 Å². The molecule has 4 nitrogen and oxygen atoms in total. The average molecular weight is 250 g/mol. The van der Waals surface area contributed by atoms with Crippen LogP contribution in [0, 0.1) is 12.8 Å². The van der Waals surface area contributed by atoms with Gasteiger partial charge in [0.25, 0.3) is 11.5 Å². The maximum absolute atomic E-state index is 11.9. The molecule has 1 aromatic heterocycles. The second-order valence-corrected chi connectivity index (χ2v) is 5.03. The third kappa shape index (κ3) is 3.72. The fraction of sp³-hybridized carbons (Fsp3) is 0.571. The molecule has 0 atom stereocenters. The SMILES string of the molecule is CCCc1[nH]c(=O)c(C(=O)NCC(C)C)cc1C. The number of H-pyrrole nitrogens is 1. The number of aromatic amines is 1. The summed E-state index contributed by atoms with van der Waals surface area (Å²) in [5, 5.41) is 2.76. The lowest BCUT2D eigenvalue weighted by atomic mass is 10.1. The summed E-state index contributed by atoms with van der Waals surface area (Å²) in [6, 6.07) is 1.68. The van der Waals surface area contributed by atoms with Gasteiger partial charge in [0.05, 0.1) is 0 Å². The van der Waals surface area contributed by atoms with Crippen molar-refractivity contribution in [2.75, 3.05) is 6.54 Å². The molecule has 0 aliphatic carbocycles. The molecule has 2 N–H and O–H groups in total. The number of aryl methyl sites for hydroxylation is 2. The van der Waals surface area contributed by atoms with E-state index in [1.807, 2.05) is 20.8 Å². The number of hydrogen-bond acceptors (Lipinski definition) is 2. The van der Waals surface area contributed by atoms with Crippen LogP contribution in [0.25, 0.3) is 0 Å². The summed E-state index contributed by atoms with van der Waals surface area (Å²) in [7, 11) is 0. The summed E-state index contributed by atoms with van der Waals surface area (Å²) in [5.74, 6) is 0.0737. The normalized spacial score (nSPS) is 10.7. The summed E-state index contributed by atoms with van der Waals surface area (Å²) in [6.45, 7) is 8.58. The van der Waals surface area contributed by atoms with Gasteiger partial charge in [-0.15, -0.1) is 0 Å². The summed E-state index contributed by atoms with van der Waals surface area (Å²) in [5.41, 5.74) is 1.78. The van der Waals surface area contributed by atoms with Crippen molar-refractivity contribution in [3.05, 3.63) is 33.2 Å². The first-order valence-corrected chi connectivity index (χ1v) is 6.46. The first-order valence-electron chi connectivity index (χ1n) is 6.46. The van der Waals surface area contributed by atoms with Crippen LogP contribution in [0.2, 0.25) is 0 Å². The molecule has 0 spiro atoms. The molecular weight excluding hydrogens is 228 g/mol. The quantitative estimate of drug-likeness (QED) is 0.840. The van der Waals surface area contributed by atoms with E-state index < -0.39 is 0 Å². The third-order valence-corrected chi connectivity index (χ3v) is 2.76. The Morgan fingerprint density at radius 1 is 1.44 bits per heavy atom. The molecule has 18 heavy (non-hydrogen) atoms. The van der Waals surface area contributed by atoms with E-state index in [-0.39, 0.29) is 17.0 Å². The molecule has 0 aromatic carbocycles. The number of carbonyl (C=O) groups is 1. The Hall–Kier alpha value is -1.58. The van der Waals surface area contributed by atoms with Gasteiger partial charge in [-0.1, -0.05) is 27.2 Å². The number of nitrogens with one attached hydrogen (secondary N) is 2. The number of carbonyl (C=O) groups excluding carboxylic acids is 1. The van der Waals surface area contributed by atoms with Crippen molar-refractivity contribution in [3.63, 3.8) is 0 Å². The van der Waals surface area contributed by atoms with E-state index in [9.17, 15) is 9.59 Å². The van der Waals surface area contributed by atoms with Gasteiger partial charge in [0.1, 0.15) is 5.56 Å². The number of amides is 1. The maximum Gasteiger partial charge on any atom is 0.261 e. The zero-order chi connectivity index (χ0) is 13.7. The Labute approximate surface area is 108 Å². The molecule has 0 saturated carbocycles. The van der Waals surface area contributed by atoms with Crippen LogP contribution in [0.4, 0.5) is 0 Å². The lowest BCUT2D eigenvalue weighted by Gasteiger charge is -2.09. The second kappa shape index (κ2) is 6.38. The van der Waals surface area contributed by atoms with Gasteiger partial charge in [-0.05, 0) is 30.9 Å².